The van der Waals surface area contributed by atoms with Crippen LogP contribution in [0.1, 0.15) is 5.56 Å². The fourth-order valence-electron chi connectivity index (χ4n) is 1.43. The van der Waals surface area contributed by atoms with Crippen LogP contribution in [0, 0.1) is 0 Å². The number of nitrogens with two attached hydrogens (primary N) is 1. The third-order valence-corrected chi connectivity index (χ3v) is 2.17. The van der Waals surface area contributed by atoms with Crippen LogP contribution in [0.4, 0.5) is 0 Å². The van der Waals surface area contributed by atoms with Crippen molar-refractivity contribution in [2.24, 2.45) is 5.73 Å². The predicted octanol–water partition coefficient (Wildman–Crippen LogP) is 0.740. The first-order valence-corrected chi connectivity index (χ1v) is 4.69. The molecule has 0 aliphatic heterocycles. The van der Waals surface area contributed by atoms with Gasteiger partial charge in [0.15, 0.2) is 0 Å². The third kappa shape index (κ3) is 2.56. The molecule has 5 nitrogen and oxygen atoms in total. The predicted molar refractivity (Wildman–Crippen MR) is 59.0 cm³/mol. The quantitative estimate of drug-likeness (QED) is 0.802. The number of primary amides is 1. The summed E-state index contributed by atoms with van der Waals surface area (Å²) in [6.07, 6.45) is 0.0658. The first-order chi connectivity index (χ1) is 7.62. The minimum atomic E-state index is -0.443. The van der Waals surface area contributed by atoms with Crippen molar-refractivity contribution < 1.29 is 19.0 Å². The maximum atomic E-state index is 10.9. The molecule has 0 radical (unpaired) electrons. The Hall–Kier alpha value is -1.91. The van der Waals surface area contributed by atoms with Crippen molar-refractivity contribution in [3.05, 3.63) is 17.7 Å². The summed E-state index contributed by atoms with van der Waals surface area (Å²) in [5, 5.41) is 0. The second-order valence-corrected chi connectivity index (χ2v) is 3.15. The van der Waals surface area contributed by atoms with Gasteiger partial charge in [-0.3, -0.25) is 4.79 Å². The van der Waals surface area contributed by atoms with Crippen molar-refractivity contribution >= 4 is 5.91 Å². The van der Waals surface area contributed by atoms with Crippen LogP contribution in [-0.2, 0) is 11.2 Å². The lowest BCUT2D eigenvalue weighted by Gasteiger charge is -2.13. The van der Waals surface area contributed by atoms with Gasteiger partial charge in [0, 0.05) is 17.7 Å². The van der Waals surface area contributed by atoms with E-state index in [9.17, 15) is 4.79 Å². The van der Waals surface area contributed by atoms with Gasteiger partial charge in [0.1, 0.15) is 17.2 Å². The Morgan fingerprint density at radius 2 is 1.62 bits per heavy atom. The van der Waals surface area contributed by atoms with Crippen molar-refractivity contribution in [2.75, 3.05) is 21.3 Å². The smallest absolute Gasteiger partial charge is 0.222 e. The van der Waals surface area contributed by atoms with Crippen LogP contribution < -0.4 is 19.9 Å². The fourth-order valence-corrected chi connectivity index (χ4v) is 1.43. The molecule has 5 heteroatoms. The molecule has 0 spiro atoms. The third-order valence-electron chi connectivity index (χ3n) is 2.17. The topological polar surface area (TPSA) is 70.8 Å². The van der Waals surface area contributed by atoms with Crippen molar-refractivity contribution in [3.63, 3.8) is 0 Å². The summed E-state index contributed by atoms with van der Waals surface area (Å²) < 4.78 is 15.4. The highest BCUT2D eigenvalue weighted by molar-refractivity contribution is 5.78. The molecule has 1 aromatic carbocycles. The van der Waals surface area contributed by atoms with Gasteiger partial charge in [-0.2, -0.15) is 0 Å². The summed E-state index contributed by atoms with van der Waals surface area (Å²) in [5.41, 5.74) is 5.78. The van der Waals surface area contributed by atoms with Gasteiger partial charge in [0.2, 0.25) is 5.91 Å². The van der Waals surface area contributed by atoms with Crippen LogP contribution in [0.25, 0.3) is 0 Å². The summed E-state index contributed by atoms with van der Waals surface area (Å²) in [5.74, 6) is 1.20. The molecule has 0 unspecified atom stereocenters. The summed E-state index contributed by atoms with van der Waals surface area (Å²) in [4.78, 5) is 10.9. The van der Waals surface area contributed by atoms with Crippen LogP contribution in [0.3, 0.4) is 0 Å². The minimum absolute atomic E-state index is 0.0658. The number of hydrogen-bond acceptors (Lipinski definition) is 4. The van der Waals surface area contributed by atoms with Crippen LogP contribution in [-0.4, -0.2) is 27.2 Å². The van der Waals surface area contributed by atoms with Gasteiger partial charge in [-0.05, 0) is 0 Å². The number of amides is 1. The average Bonchev–Trinajstić information content (AvgIpc) is 2.28. The van der Waals surface area contributed by atoms with Gasteiger partial charge >= 0.3 is 0 Å². The van der Waals surface area contributed by atoms with Crippen LogP contribution in [0.2, 0.25) is 0 Å². The maximum Gasteiger partial charge on any atom is 0.222 e. The Balaban J connectivity index is 3.25. The average molecular weight is 225 g/mol. The zero-order chi connectivity index (χ0) is 12.1. The molecule has 1 rings (SSSR count). The number of carbonyl (C=O) groups excluding carboxylic acids is 1. The van der Waals surface area contributed by atoms with Crippen molar-refractivity contribution in [1.29, 1.82) is 0 Å². The zero-order valence-electron chi connectivity index (χ0n) is 9.57. The molecule has 0 aromatic heterocycles. The van der Waals surface area contributed by atoms with E-state index in [1.165, 1.54) is 14.2 Å². The zero-order valence-corrected chi connectivity index (χ0v) is 9.57. The molecule has 0 saturated heterocycles. The lowest BCUT2D eigenvalue weighted by Crippen LogP contribution is -2.15. The molecule has 0 fully saturated rings. The van der Waals surface area contributed by atoms with E-state index in [0.717, 1.165) is 0 Å². The van der Waals surface area contributed by atoms with E-state index in [1.54, 1.807) is 19.2 Å². The number of rotatable bonds is 5. The van der Waals surface area contributed by atoms with E-state index >= 15 is 0 Å². The number of carbonyl (C=O) groups is 1. The molecular weight excluding hydrogens is 210 g/mol. The molecule has 0 aliphatic carbocycles. The van der Waals surface area contributed by atoms with Crippen LogP contribution in [0.15, 0.2) is 12.1 Å². The van der Waals surface area contributed by atoms with Gasteiger partial charge in [0.05, 0.1) is 27.8 Å². The Bertz CT molecular complexity index is 365. The van der Waals surface area contributed by atoms with Gasteiger partial charge in [-0.25, -0.2) is 0 Å². The second kappa shape index (κ2) is 5.25. The van der Waals surface area contributed by atoms with Crippen molar-refractivity contribution in [1.82, 2.24) is 0 Å². The Labute approximate surface area is 94.1 Å². The van der Waals surface area contributed by atoms with Gasteiger partial charge in [-0.15, -0.1) is 0 Å². The Morgan fingerprint density at radius 1 is 1.12 bits per heavy atom. The lowest BCUT2D eigenvalue weighted by molar-refractivity contribution is -0.117. The summed E-state index contributed by atoms with van der Waals surface area (Å²) in [7, 11) is 4.57. The molecule has 16 heavy (non-hydrogen) atoms. The lowest BCUT2D eigenvalue weighted by atomic mass is 10.1. The van der Waals surface area contributed by atoms with E-state index in [2.05, 4.69) is 0 Å². The largest absolute Gasteiger partial charge is 0.496 e. The molecule has 88 valence electrons. The number of ether oxygens (including phenoxy) is 3. The monoisotopic (exact) mass is 225 g/mol. The summed E-state index contributed by atoms with van der Waals surface area (Å²) in [6.45, 7) is 0. The van der Waals surface area contributed by atoms with E-state index in [-0.39, 0.29) is 6.42 Å². The number of methoxy groups -OCH3 is 3. The summed E-state index contributed by atoms with van der Waals surface area (Å²) >= 11 is 0. The SMILES string of the molecule is COc1cc(OC)c(CC(N)=O)c(OC)c1. The number of benzene rings is 1. The van der Waals surface area contributed by atoms with Crippen molar-refractivity contribution in [3.8, 4) is 17.2 Å². The molecular formula is C11H15NO4. The van der Waals surface area contributed by atoms with Gasteiger partial charge < -0.3 is 19.9 Å². The molecule has 1 amide bonds. The normalized spacial score (nSPS) is 9.69. The Morgan fingerprint density at radius 3 is 1.94 bits per heavy atom. The molecule has 1 aromatic rings. The van der Waals surface area contributed by atoms with Crippen LogP contribution in [0.5, 0.6) is 17.2 Å². The molecule has 0 atom stereocenters. The van der Waals surface area contributed by atoms with E-state index in [0.29, 0.717) is 22.8 Å². The summed E-state index contributed by atoms with van der Waals surface area (Å²) in [6, 6.07) is 3.36. The standard InChI is InChI=1S/C11H15NO4/c1-14-7-4-9(15-2)8(6-11(12)13)10(5-7)16-3/h4-5H,6H2,1-3H3,(H2,12,13). The van der Waals surface area contributed by atoms with Gasteiger partial charge in [-0.1, -0.05) is 0 Å². The second-order valence-electron chi connectivity index (χ2n) is 3.15. The highest BCUT2D eigenvalue weighted by Crippen LogP contribution is 2.34. The van der Waals surface area contributed by atoms with Crippen molar-refractivity contribution in [2.45, 2.75) is 6.42 Å². The maximum absolute atomic E-state index is 10.9. The minimum Gasteiger partial charge on any atom is -0.496 e. The van der Waals surface area contributed by atoms with Crippen LogP contribution >= 0.6 is 0 Å². The first kappa shape index (κ1) is 12.2. The van der Waals surface area contributed by atoms with E-state index < -0.39 is 5.91 Å². The highest BCUT2D eigenvalue weighted by atomic mass is 16.5. The fraction of sp³-hybridized carbons (Fsp3) is 0.364. The number of hydrogen-bond donors (Lipinski definition) is 1. The highest BCUT2D eigenvalue weighted by Gasteiger charge is 2.14. The Kier molecular flexibility index (Phi) is 3.99. The first-order valence-electron chi connectivity index (χ1n) is 4.69. The molecule has 0 aliphatic rings. The molecule has 2 N–H and O–H groups in total. The molecule has 0 saturated carbocycles. The van der Waals surface area contributed by atoms with E-state index in [1.807, 2.05) is 0 Å². The molecule has 0 bridgehead atoms. The van der Waals surface area contributed by atoms with E-state index in [4.69, 9.17) is 19.9 Å². The van der Waals surface area contributed by atoms with Gasteiger partial charge in [0.25, 0.3) is 0 Å². The molecule has 0 heterocycles.